The molecule has 0 aliphatic carbocycles. The lowest BCUT2D eigenvalue weighted by atomic mass is 10.1. The molecule has 1 atom stereocenters. The molecule has 0 saturated heterocycles. The predicted molar refractivity (Wildman–Crippen MR) is 81.1 cm³/mol. The Morgan fingerprint density at radius 2 is 1.85 bits per heavy atom. The third kappa shape index (κ3) is 3.31. The Morgan fingerprint density at radius 3 is 2.50 bits per heavy atom. The van der Waals surface area contributed by atoms with Crippen molar-refractivity contribution in [1.82, 2.24) is 0 Å². The average Bonchev–Trinajstić information content (AvgIpc) is 2.46. The highest BCUT2D eigenvalue weighted by atomic mass is 16.5. The van der Waals surface area contributed by atoms with Gasteiger partial charge in [0.15, 0.2) is 11.5 Å². The minimum Gasteiger partial charge on any atom is -0.493 e. The van der Waals surface area contributed by atoms with Crippen LogP contribution in [0.2, 0.25) is 0 Å². The first-order valence-corrected chi connectivity index (χ1v) is 6.72. The highest BCUT2D eigenvalue weighted by Crippen LogP contribution is 2.30. The number of ether oxygens (including phenoxy) is 2. The summed E-state index contributed by atoms with van der Waals surface area (Å²) in [5, 5.41) is 0. The molecule has 0 spiro atoms. The summed E-state index contributed by atoms with van der Waals surface area (Å²) in [6, 6.07) is 14.0. The van der Waals surface area contributed by atoms with Gasteiger partial charge in [-0.3, -0.25) is 0 Å². The van der Waals surface area contributed by atoms with E-state index in [9.17, 15) is 0 Å². The van der Waals surface area contributed by atoms with Gasteiger partial charge in [-0.1, -0.05) is 30.3 Å². The fourth-order valence-corrected chi connectivity index (χ4v) is 2.01. The monoisotopic (exact) mass is 271 g/mol. The van der Waals surface area contributed by atoms with Crippen LogP contribution in [0, 0.1) is 6.92 Å². The van der Waals surface area contributed by atoms with E-state index in [0.29, 0.717) is 12.4 Å². The summed E-state index contributed by atoms with van der Waals surface area (Å²) >= 11 is 0. The van der Waals surface area contributed by atoms with E-state index in [1.54, 1.807) is 7.11 Å². The van der Waals surface area contributed by atoms with Crippen molar-refractivity contribution in [2.24, 2.45) is 5.73 Å². The minimum absolute atomic E-state index is 0.0192. The van der Waals surface area contributed by atoms with E-state index in [4.69, 9.17) is 15.2 Å². The molecule has 3 heteroatoms. The molecule has 0 saturated carbocycles. The molecule has 2 rings (SSSR count). The highest BCUT2D eigenvalue weighted by Gasteiger charge is 2.08. The molecule has 3 nitrogen and oxygen atoms in total. The number of hydrogen-bond donors (Lipinski definition) is 1. The molecule has 0 heterocycles. The molecule has 2 N–H and O–H groups in total. The van der Waals surface area contributed by atoms with Crippen molar-refractivity contribution in [1.29, 1.82) is 0 Å². The maximum atomic E-state index is 5.88. The fourth-order valence-electron chi connectivity index (χ4n) is 2.01. The van der Waals surface area contributed by atoms with Crippen molar-refractivity contribution in [3.63, 3.8) is 0 Å². The van der Waals surface area contributed by atoms with Crippen molar-refractivity contribution in [2.45, 2.75) is 26.5 Å². The Balaban J connectivity index is 2.15. The first-order chi connectivity index (χ1) is 9.61. The number of aryl methyl sites for hydroxylation is 1. The van der Waals surface area contributed by atoms with Gasteiger partial charge in [-0.15, -0.1) is 0 Å². The van der Waals surface area contributed by atoms with Crippen LogP contribution in [0.25, 0.3) is 0 Å². The summed E-state index contributed by atoms with van der Waals surface area (Å²) in [6.07, 6.45) is 0. The van der Waals surface area contributed by atoms with Crippen LogP contribution >= 0.6 is 0 Å². The van der Waals surface area contributed by atoms with Gasteiger partial charge < -0.3 is 15.2 Å². The van der Waals surface area contributed by atoms with Crippen LogP contribution in [0.15, 0.2) is 42.5 Å². The van der Waals surface area contributed by atoms with E-state index >= 15 is 0 Å². The van der Waals surface area contributed by atoms with Crippen molar-refractivity contribution < 1.29 is 9.47 Å². The van der Waals surface area contributed by atoms with Gasteiger partial charge in [0, 0.05) is 6.04 Å². The molecule has 0 radical (unpaired) electrons. The molecule has 0 aromatic heterocycles. The van der Waals surface area contributed by atoms with Crippen LogP contribution in [0.5, 0.6) is 11.5 Å². The van der Waals surface area contributed by atoms with Gasteiger partial charge in [0.1, 0.15) is 6.61 Å². The first-order valence-electron chi connectivity index (χ1n) is 6.72. The van der Waals surface area contributed by atoms with E-state index in [0.717, 1.165) is 11.3 Å². The zero-order valence-corrected chi connectivity index (χ0v) is 12.2. The van der Waals surface area contributed by atoms with Gasteiger partial charge in [0.25, 0.3) is 0 Å². The summed E-state index contributed by atoms with van der Waals surface area (Å²) in [4.78, 5) is 0. The molecule has 0 amide bonds. The lowest BCUT2D eigenvalue weighted by molar-refractivity contribution is 0.283. The second-order valence-corrected chi connectivity index (χ2v) is 4.91. The molecular formula is C17H21NO2. The molecule has 0 fully saturated rings. The third-order valence-corrected chi connectivity index (χ3v) is 3.36. The van der Waals surface area contributed by atoms with Gasteiger partial charge in [-0.05, 0) is 42.7 Å². The SMILES string of the molecule is COc1cc(C(C)N)ccc1OCc1ccccc1C. The lowest BCUT2D eigenvalue weighted by Crippen LogP contribution is -2.06. The average molecular weight is 271 g/mol. The minimum atomic E-state index is -0.0192. The molecule has 0 bridgehead atoms. The van der Waals surface area contributed by atoms with Gasteiger partial charge in [-0.25, -0.2) is 0 Å². The standard InChI is InChI=1S/C17H21NO2/c1-12-6-4-5-7-15(12)11-20-16-9-8-14(13(2)18)10-17(16)19-3/h4-10,13H,11,18H2,1-3H3. The van der Waals surface area contributed by atoms with E-state index in [2.05, 4.69) is 19.1 Å². The van der Waals surface area contributed by atoms with Crippen molar-refractivity contribution in [3.8, 4) is 11.5 Å². The molecule has 0 aliphatic heterocycles. The molecule has 2 aromatic carbocycles. The van der Waals surface area contributed by atoms with E-state index < -0.39 is 0 Å². The summed E-state index contributed by atoms with van der Waals surface area (Å²) in [5.41, 5.74) is 9.30. The molecule has 2 aromatic rings. The van der Waals surface area contributed by atoms with Gasteiger partial charge >= 0.3 is 0 Å². The Bertz CT molecular complexity index is 579. The van der Waals surface area contributed by atoms with Gasteiger partial charge in [-0.2, -0.15) is 0 Å². The van der Waals surface area contributed by atoms with Crippen LogP contribution in [0.3, 0.4) is 0 Å². The summed E-state index contributed by atoms with van der Waals surface area (Å²) in [6.45, 7) is 4.55. The normalized spacial score (nSPS) is 12.0. The maximum absolute atomic E-state index is 5.88. The number of hydrogen-bond acceptors (Lipinski definition) is 3. The molecule has 20 heavy (non-hydrogen) atoms. The van der Waals surface area contributed by atoms with Crippen LogP contribution in [0.1, 0.15) is 29.7 Å². The Kier molecular flexibility index (Phi) is 4.64. The largest absolute Gasteiger partial charge is 0.493 e. The number of nitrogens with two attached hydrogens (primary N) is 1. The number of benzene rings is 2. The molecular weight excluding hydrogens is 250 g/mol. The number of methoxy groups -OCH3 is 1. The van der Waals surface area contributed by atoms with Crippen LogP contribution < -0.4 is 15.2 Å². The fraction of sp³-hybridized carbons (Fsp3) is 0.294. The van der Waals surface area contributed by atoms with Crippen LogP contribution in [0.4, 0.5) is 0 Å². The number of rotatable bonds is 5. The third-order valence-electron chi connectivity index (χ3n) is 3.36. The maximum Gasteiger partial charge on any atom is 0.161 e. The summed E-state index contributed by atoms with van der Waals surface area (Å²) in [7, 11) is 1.64. The van der Waals surface area contributed by atoms with Crippen molar-refractivity contribution >= 4 is 0 Å². The van der Waals surface area contributed by atoms with E-state index in [1.165, 1.54) is 11.1 Å². The van der Waals surface area contributed by atoms with Crippen molar-refractivity contribution in [2.75, 3.05) is 7.11 Å². The van der Waals surface area contributed by atoms with E-state index in [-0.39, 0.29) is 6.04 Å². The first kappa shape index (κ1) is 14.4. The van der Waals surface area contributed by atoms with E-state index in [1.807, 2.05) is 37.3 Å². The molecule has 0 aliphatic rings. The smallest absolute Gasteiger partial charge is 0.161 e. The van der Waals surface area contributed by atoms with Crippen LogP contribution in [-0.4, -0.2) is 7.11 Å². The Labute approximate surface area is 120 Å². The van der Waals surface area contributed by atoms with Gasteiger partial charge in [0.05, 0.1) is 7.11 Å². The van der Waals surface area contributed by atoms with Crippen molar-refractivity contribution in [3.05, 3.63) is 59.2 Å². The summed E-state index contributed by atoms with van der Waals surface area (Å²) < 4.78 is 11.2. The Morgan fingerprint density at radius 1 is 1.10 bits per heavy atom. The highest BCUT2D eigenvalue weighted by molar-refractivity contribution is 5.44. The van der Waals surface area contributed by atoms with Crippen LogP contribution in [-0.2, 0) is 6.61 Å². The second kappa shape index (κ2) is 6.44. The lowest BCUT2D eigenvalue weighted by Gasteiger charge is -2.14. The topological polar surface area (TPSA) is 44.5 Å². The quantitative estimate of drug-likeness (QED) is 0.903. The van der Waals surface area contributed by atoms with Gasteiger partial charge in [0.2, 0.25) is 0 Å². The zero-order valence-electron chi connectivity index (χ0n) is 12.2. The predicted octanol–water partition coefficient (Wildman–Crippen LogP) is 3.60. The zero-order chi connectivity index (χ0) is 14.5. The molecule has 1 unspecified atom stereocenters. The Hall–Kier alpha value is -2.00. The molecule has 106 valence electrons. The summed E-state index contributed by atoms with van der Waals surface area (Å²) in [5.74, 6) is 1.45. The second-order valence-electron chi connectivity index (χ2n) is 4.91.